The number of unbranched alkanes of at least 4 members (excludes halogenated alkanes) is 1. The summed E-state index contributed by atoms with van der Waals surface area (Å²) in [6, 6.07) is 10.4. The Morgan fingerprint density at radius 2 is 1.96 bits per heavy atom. The molecule has 8 heteroatoms. The molecular weight excluding hydrogens is 455 g/mol. The van der Waals surface area contributed by atoms with Crippen LogP contribution >= 0.6 is 24.0 Å². The van der Waals surface area contributed by atoms with Gasteiger partial charge in [0.2, 0.25) is 0 Å². The van der Waals surface area contributed by atoms with Gasteiger partial charge in [-0.1, -0.05) is 30.3 Å². The van der Waals surface area contributed by atoms with E-state index < -0.39 is 0 Å². The van der Waals surface area contributed by atoms with Gasteiger partial charge < -0.3 is 15.4 Å². The van der Waals surface area contributed by atoms with Gasteiger partial charge in [0.05, 0.1) is 6.61 Å². The first-order valence-electron chi connectivity index (χ1n) is 9.26. The minimum atomic E-state index is 0. The number of halogens is 1. The van der Waals surface area contributed by atoms with Crippen molar-refractivity contribution in [2.45, 2.75) is 32.7 Å². The molecule has 0 amide bonds. The van der Waals surface area contributed by atoms with E-state index in [1.165, 1.54) is 5.56 Å². The molecule has 27 heavy (non-hydrogen) atoms. The largest absolute Gasteiger partial charge is 0.381 e. The van der Waals surface area contributed by atoms with Gasteiger partial charge in [0.25, 0.3) is 0 Å². The summed E-state index contributed by atoms with van der Waals surface area (Å²) < 4.78 is 7.45. The van der Waals surface area contributed by atoms with Crippen LogP contribution in [-0.4, -0.2) is 47.0 Å². The van der Waals surface area contributed by atoms with Crippen molar-refractivity contribution in [1.29, 1.82) is 0 Å². The molecule has 1 heterocycles. The van der Waals surface area contributed by atoms with Crippen molar-refractivity contribution in [2.75, 3.05) is 26.3 Å². The summed E-state index contributed by atoms with van der Waals surface area (Å²) in [5.74, 6) is 1.65. The standard InChI is InChI=1S/C19H30N6O.HI/c1-3-20-19(22-15-18-23-16-24-25(18)2)21-12-7-8-13-26-14-11-17-9-5-4-6-10-17;/h4-6,9-10,16H,3,7-8,11-15H2,1-2H3,(H2,20,21,22);1H. The summed E-state index contributed by atoms with van der Waals surface area (Å²) in [7, 11) is 1.87. The van der Waals surface area contributed by atoms with Crippen LogP contribution in [0.25, 0.3) is 0 Å². The van der Waals surface area contributed by atoms with Gasteiger partial charge in [0, 0.05) is 26.7 Å². The van der Waals surface area contributed by atoms with E-state index in [-0.39, 0.29) is 24.0 Å². The zero-order chi connectivity index (χ0) is 18.5. The third kappa shape index (κ3) is 9.71. The molecule has 0 aliphatic carbocycles. The Bertz CT molecular complexity index is 647. The molecular formula is C19H31IN6O. The second kappa shape index (κ2) is 14.4. The average Bonchev–Trinajstić information content (AvgIpc) is 3.07. The molecule has 0 unspecified atom stereocenters. The van der Waals surface area contributed by atoms with E-state index in [9.17, 15) is 0 Å². The van der Waals surface area contributed by atoms with Crippen LogP contribution in [0.4, 0.5) is 0 Å². The molecule has 2 rings (SSSR count). The maximum Gasteiger partial charge on any atom is 0.191 e. The molecule has 0 spiro atoms. The maximum absolute atomic E-state index is 5.71. The van der Waals surface area contributed by atoms with Gasteiger partial charge in [0.15, 0.2) is 5.96 Å². The van der Waals surface area contributed by atoms with Gasteiger partial charge in [-0.15, -0.1) is 24.0 Å². The first kappa shape index (κ1) is 23.4. The van der Waals surface area contributed by atoms with Crippen LogP contribution in [-0.2, 0) is 24.8 Å². The number of benzene rings is 1. The Kier molecular flexibility index (Phi) is 12.4. The molecule has 0 atom stereocenters. The fourth-order valence-corrected chi connectivity index (χ4v) is 2.43. The molecule has 1 aromatic carbocycles. The van der Waals surface area contributed by atoms with Crippen molar-refractivity contribution in [3.8, 4) is 0 Å². The highest BCUT2D eigenvalue weighted by Gasteiger charge is 2.01. The Morgan fingerprint density at radius 3 is 2.67 bits per heavy atom. The molecule has 1 aromatic heterocycles. The lowest BCUT2D eigenvalue weighted by atomic mass is 10.2. The van der Waals surface area contributed by atoms with Crippen LogP contribution in [0.3, 0.4) is 0 Å². The van der Waals surface area contributed by atoms with E-state index in [2.05, 4.69) is 56.9 Å². The molecule has 0 fully saturated rings. The Morgan fingerprint density at radius 1 is 1.15 bits per heavy atom. The number of aliphatic imine (C=N–C) groups is 1. The summed E-state index contributed by atoms with van der Waals surface area (Å²) in [5, 5.41) is 10.6. The zero-order valence-corrected chi connectivity index (χ0v) is 18.6. The van der Waals surface area contributed by atoms with Crippen LogP contribution in [0.2, 0.25) is 0 Å². The molecule has 7 nitrogen and oxygen atoms in total. The molecule has 150 valence electrons. The first-order chi connectivity index (χ1) is 12.8. The molecule has 0 bridgehead atoms. The van der Waals surface area contributed by atoms with E-state index in [0.29, 0.717) is 6.54 Å². The van der Waals surface area contributed by atoms with Crippen molar-refractivity contribution < 1.29 is 4.74 Å². The number of aromatic nitrogens is 3. The van der Waals surface area contributed by atoms with Gasteiger partial charge in [-0.2, -0.15) is 5.10 Å². The molecule has 0 aliphatic heterocycles. The second-order valence-electron chi connectivity index (χ2n) is 5.98. The predicted octanol–water partition coefficient (Wildman–Crippen LogP) is 2.53. The summed E-state index contributed by atoms with van der Waals surface area (Å²) in [6.07, 6.45) is 4.59. The van der Waals surface area contributed by atoms with Crippen LogP contribution in [0.1, 0.15) is 31.2 Å². The van der Waals surface area contributed by atoms with E-state index in [4.69, 9.17) is 4.74 Å². The van der Waals surface area contributed by atoms with Gasteiger partial charge in [0.1, 0.15) is 18.7 Å². The van der Waals surface area contributed by atoms with Crippen molar-refractivity contribution in [1.82, 2.24) is 25.4 Å². The summed E-state index contributed by atoms with van der Waals surface area (Å²) in [4.78, 5) is 8.72. The maximum atomic E-state index is 5.71. The van der Waals surface area contributed by atoms with Crippen LogP contribution in [0.15, 0.2) is 41.7 Å². The highest BCUT2D eigenvalue weighted by molar-refractivity contribution is 14.0. The second-order valence-corrected chi connectivity index (χ2v) is 5.98. The van der Waals surface area contributed by atoms with Crippen LogP contribution < -0.4 is 10.6 Å². The molecule has 2 N–H and O–H groups in total. The first-order valence-corrected chi connectivity index (χ1v) is 9.26. The smallest absolute Gasteiger partial charge is 0.191 e. The van der Waals surface area contributed by atoms with Crippen LogP contribution in [0, 0.1) is 0 Å². The van der Waals surface area contributed by atoms with Crippen molar-refractivity contribution in [3.63, 3.8) is 0 Å². The lowest BCUT2D eigenvalue weighted by molar-refractivity contribution is 0.133. The third-order valence-corrected chi connectivity index (χ3v) is 3.91. The molecule has 0 radical (unpaired) electrons. The van der Waals surface area contributed by atoms with Gasteiger partial charge in [-0.3, -0.25) is 4.68 Å². The summed E-state index contributed by atoms with van der Waals surface area (Å²) in [5.41, 5.74) is 1.32. The van der Waals surface area contributed by atoms with E-state index in [1.54, 1.807) is 11.0 Å². The Balaban J connectivity index is 0.00000364. The van der Waals surface area contributed by atoms with Crippen molar-refractivity contribution in [2.24, 2.45) is 12.0 Å². The normalized spacial score (nSPS) is 11.1. The molecule has 0 aliphatic rings. The number of nitrogens with one attached hydrogen (secondary N) is 2. The van der Waals surface area contributed by atoms with E-state index in [0.717, 1.165) is 57.3 Å². The number of hydrogen-bond acceptors (Lipinski definition) is 4. The van der Waals surface area contributed by atoms with Gasteiger partial charge >= 0.3 is 0 Å². The fraction of sp³-hybridized carbons (Fsp3) is 0.526. The molecule has 0 saturated carbocycles. The number of hydrogen-bond donors (Lipinski definition) is 2. The quantitative estimate of drug-likeness (QED) is 0.221. The number of guanidine groups is 1. The lowest BCUT2D eigenvalue weighted by Gasteiger charge is -2.11. The van der Waals surface area contributed by atoms with Gasteiger partial charge in [-0.25, -0.2) is 9.98 Å². The summed E-state index contributed by atoms with van der Waals surface area (Å²) in [6.45, 7) is 5.83. The van der Waals surface area contributed by atoms with Crippen molar-refractivity contribution >= 4 is 29.9 Å². The van der Waals surface area contributed by atoms with E-state index in [1.807, 2.05) is 13.1 Å². The SMILES string of the molecule is CCNC(=NCc1ncnn1C)NCCCCOCCc1ccccc1.I. The third-order valence-electron chi connectivity index (χ3n) is 3.91. The number of nitrogens with zero attached hydrogens (tertiary/aromatic N) is 4. The summed E-state index contributed by atoms with van der Waals surface area (Å²) >= 11 is 0. The minimum Gasteiger partial charge on any atom is -0.381 e. The van der Waals surface area contributed by atoms with Gasteiger partial charge in [-0.05, 0) is 31.7 Å². The van der Waals surface area contributed by atoms with E-state index >= 15 is 0 Å². The topological polar surface area (TPSA) is 76.4 Å². The highest BCUT2D eigenvalue weighted by atomic mass is 127. The Hall–Kier alpha value is -1.68. The van der Waals surface area contributed by atoms with Crippen LogP contribution in [0.5, 0.6) is 0 Å². The lowest BCUT2D eigenvalue weighted by Crippen LogP contribution is -2.37. The molecule has 2 aromatic rings. The highest BCUT2D eigenvalue weighted by Crippen LogP contribution is 2.00. The monoisotopic (exact) mass is 486 g/mol. The number of rotatable bonds is 11. The fourth-order valence-electron chi connectivity index (χ4n) is 2.43. The Labute approximate surface area is 179 Å². The predicted molar refractivity (Wildman–Crippen MR) is 119 cm³/mol. The number of ether oxygens (including phenoxy) is 1. The number of aryl methyl sites for hydroxylation is 1. The zero-order valence-electron chi connectivity index (χ0n) is 16.2. The minimum absolute atomic E-state index is 0. The molecule has 0 saturated heterocycles. The average molecular weight is 486 g/mol. The van der Waals surface area contributed by atoms with Crippen molar-refractivity contribution in [3.05, 3.63) is 48.0 Å².